The monoisotopic (exact) mass is 439 g/mol. The summed E-state index contributed by atoms with van der Waals surface area (Å²) in [5, 5.41) is 17.9. The molecular weight excluding hydrogens is 394 g/mol. The third-order valence-corrected chi connectivity index (χ3v) is 6.80. The SMILES string of the molecule is CCNC(=NCC(C)(O)CN1CCOCC1)NCC1(CN2CCOCC2)CCCCC1. The van der Waals surface area contributed by atoms with Gasteiger partial charge in [-0.1, -0.05) is 19.3 Å². The molecule has 0 aromatic heterocycles. The van der Waals surface area contributed by atoms with Gasteiger partial charge in [0, 0.05) is 57.8 Å². The number of nitrogens with one attached hydrogen (secondary N) is 2. The van der Waals surface area contributed by atoms with E-state index in [0.29, 0.717) is 18.5 Å². The highest BCUT2D eigenvalue weighted by molar-refractivity contribution is 5.79. The molecule has 0 amide bonds. The minimum atomic E-state index is -0.851. The van der Waals surface area contributed by atoms with E-state index in [1.54, 1.807) is 0 Å². The Morgan fingerprint density at radius 3 is 2.19 bits per heavy atom. The molecule has 3 aliphatic rings. The molecule has 1 unspecified atom stereocenters. The standard InChI is InChI=1S/C23H45N5O3/c1-3-24-21(25-17-22(2,29)19-27-9-13-30-14-10-27)26-18-23(7-5-4-6-8-23)20-28-11-15-31-16-12-28/h29H,3-20H2,1-2H3,(H2,24,25,26). The van der Waals surface area contributed by atoms with Crippen LogP contribution in [0.1, 0.15) is 46.0 Å². The summed E-state index contributed by atoms with van der Waals surface area (Å²) in [5.41, 5.74) is -0.557. The van der Waals surface area contributed by atoms with Crippen molar-refractivity contribution in [2.45, 2.75) is 51.6 Å². The topological polar surface area (TPSA) is 81.6 Å². The van der Waals surface area contributed by atoms with Crippen molar-refractivity contribution in [2.75, 3.05) is 85.3 Å². The van der Waals surface area contributed by atoms with Gasteiger partial charge in [-0.25, -0.2) is 0 Å². The molecule has 0 radical (unpaired) electrons. The maximum absolute atomic E-state index is 10.9. The van der Waals surface area contributed by atoms with Crippen LogP contribution in [-0.2, 0) is 9.47 Å². The van der Waals surface area contributed by atoms with Crippen LogP contribution in [-0.4, -0.2) is 112 Å². The van der Waals surface area contributed by atoms with E-state index in [2.05, 4.69) is 27.4 Å². The number of hydrogen-bond acceptors (Lipinski definition) is 6. The number of nitrogens with zero attached hydrogens (tertiary/aromatic N) is 3. The summed E-state index contributed by atoms with van der Waals surface area (Å²) in [6, 6.07) is 0. The zero-order valence-corrected chi connectivity index (χ0v) is 19.8. The predicted octanol–water partition coefficient (Wildman–Crippen LogP) is 0.907. The summed E-state index contributed by atoms with van der Waals surface area (Å²) in [4.78, 5) is 9.61. The lowest BCUT2D eigenvalue weighted by atomic mass is 9.73. The van der Waals surface area contributed by atoms with E-state index in [4.69, 9.17) is 14.5 Å². The summed E-state index contributed by atoms with van der Waals surface area (Å²) in [6.07, 6.45) is 6.52. The molecule has 0 aromatic rings. The molecule has 3 fully saturated rings. The first-order valence-corrected chi connectivity index (χ1v) is 12.4. The summed E-state index contributed by atoms with van der Waals surface area (Å²) in [5.74, 6) is 0.816. The average molecular weight is 440 g/mol. The van der Waals surface area contributed by atoms with Gasteiger partial charge in [-0.05, 0) is 26.7 Å². The van der Waals surface area contributed by atoms with Gasteiger partial charge < -0.3 is 25.2 Å². The number of morpholine rings is 2. The molecule has 0 bridgehead atoms. The van der Waals surface area contributed by atoms with Crippen LogP contribution in [0.2, 0.25) is 0 Å². The third-order valence-electron chi connectivity index (χ3n) is 6.80. The second-order valence-electron chi connectivity index (χ2n) is 9.88. The fraction of sp³-hybridized carbons (Fsp3) is 0.957. The first-order chi connectivity index (χ1) is 15.0. The van der Waals surface area contributed by atoms with Gasteiger partial charge in [0.1, 0.15) is 0 Å². The van der Waals surface area contributed by atoms with Crippen LogP contribution >= 0.6 is 0 Å². The summed E-state index contributed by atoms with van der Waals surface area (Å²) >= 11 is 0. The van der Waals surface area contributed by atoms with Crippen LogP contribution in [0.15, 0.2) is 4.99 Å². The number of aliphatic hydroxyl groups is 1. The summed E-state index contributed by atoms with van der Waals surface area (Å²) in [6.45, 7) is 14.9. The minimum absolute atomic E-state index is 0.294. The Labute approximate surface area is 188 Å². The smallest absolute Gasteiger partial charge is 0.191 e. The maximum Gasteiger partial charge on any atom is 0.191 e. The predicted molar refractivity (Wildman–Crippen MR) is 125 cm³/mol. The van der Waals surface area contributed by atoms with Crippen molar-refractivity contribution < 1.29 is 14.6 Å². The molecule has 31 heavy (non-hydrogen) atoms. The van der Waals surface area contributed by atoms with E-state index in [0.717, 1.165) is 78.2 Å². The third kappa shape index (κ3) is 8.50. The van der Waals surface area contributed by atoms with Crippen molar-refractivity contribution in [3.05, 3.63) is 0 Å². The Morgan fingerprint density at radius 2 is 1.58 bits per heavy atom. The Bertz CT molecular complexity index is 539. The number of hydrogen-bond donors (Lipinski definition) is 3. The average Bonchev–Trinajstić information content (AvgIpc) is 2.77. The quantitative estimate of drug-likeness (QED) is 0.364. The molecule has 1 aliphatic carbocycles. The molecule has 8 nitrogen and oxygen atoms in total. The molecule has 0 spiro atoms. The number of aliphatic imine (C=N–C) groups is 1. The van der Waals surface area contributed by atoms with Crippen LogP contribution in [0.5, 0.6) is 0 Å². The van der Waals surface area contributed by atoms with Gasteiger partial charge in [-0.15, -0.1) is 0 Å². The van der Waals surface area contributed by atoms with Crippen molar-refractivity contribution in [3.8, 4) is 0 Å². The Kier molecular flexibility index (Phi) is 9.84. The molecule has 8 heteroatoms. The van der Waals surface area contributed by atoms with Crippen LogP contribution in [0.3, 0.4) is 0 Å². The van der Waals surface area contributed by atoms with Crippen molar-refractivity contribution >= 4 is 5.96 Å². The summed E-state index contributed by atoms with van der Waals surface area (Å²) in [7, 11) is 0. The van der Waals surface area contributed by atoms with Gasteiger partial charge in [0.25, 0.3) is 0 Å². The molecule has 1 atom stereocenters. The van der Waals surface area contributed by atoms with Crippen LogP contribution in [0, 0.1) is 5.41 Å². The van der Waals surface area contributed by atoms with Crippen LogP contribution in [0.4, 0.5) is 0 Å². The van der Waals surface area contributed by atoms with E-state index in [-0.39, 0.29) is 0 Å². The highest BCUT2D eigenvalue weighted by Gasteiger charge is 2.34. The summed E-state index contributed by atoms with van der Waals surface area (Å²) < 4.78 is 11.0. The Balaban J connectivity index is 1.56. The Morgan fingerprint density at radius 1 is 0.968 bits per heavy atom. The van der Waals surface area contributed by atoms with Gasteiger partial charge in [0.05, 0.1) is 38.6 Å². The first-order valence-electron chi connectivity index (χ1n) is 12.4. The van der Waals surface area contributed by atoms with Crippen molar-refractivity contribution in [3.63, 3.8) is 0 Å². The molecule has 2 saturated heterocycles. The molecule has 180 valence electrons. The van der Waals surface area contributed by atoms with Gasteiger partial charge >= 0.3 is 0 Å². The normalized spacial score (nSPS) is 25.7. The largest absolute Gasteiger partial charge is 0.387 e. The second-order valence-corrected chi connectivity index (χ2v) is 9.88. The van der Waals surface area contributed by atoms with E-state index in [9.17, 15) is 5.11 Å². The molecule has 2 aliphatic heterocycles. The molecule has 0 aromatic carbocycles. The lowest BCUT2D eigenvalue weighted by molar-refractivity contribution is -0.0180. The first kappa shape index (κ1) is 24.7. The zero-order valence-electron chi connectivity index (χ0n) is 19.8. The van der Waals surface area contributed by atoms with Gasteiger partial charge in [0.15, 0.2) is 5.96 Å². The van der Waals surface area contributed by atoms with Crippen LogP contribution in [0.25, 0.3) is 0 Å². The molecule has 2 heterocycles. The highest BCUT2D eigenvalue weighted by atomic mass is 16.5. The fourth-order valence-corrected chi connectivity index (χ4v) is 5.08. The lowest BCUT2D eigenvalue weighted by Gasteiger charge is -2.42. The molecule has 3 N–H and O–H groups in total. The van der Waals surface area contributed by atoms with Crippen molar-refractivity contribution in [1.82, 2.24) is 20.4 Å². The lowest BCUT2D eigenvalue weighted by Crippen LogP contribution is -2.51. The Hall–Kier alpha value is -0.930. The number of guanidine groups is 1. The van der Waals surface area contributed by atoms with Gasteiger partial charge in [-0.3, -0.25) is 14.8 Å². The van der Waals surface area contributed by atoms with Gasteiger partial charge in [-0.2, -0.15) is 0 Å². The number of β-amino-alcohol motifs (C(OH)–C–C–N with tert-alkyl or cyclic N) is 1. The van der Waals surface area contributed by atoms with Crippen molar-refractivity contribution in [2.24, 2.45) is 10.4 Å². The van der Waals surface area contributed by atoms with Gasteiger partial charge in [0.2, 0.25) is 0 Å². The molecular formula is C23H45N5O3. The second kappa shape index (κ2) is 12.3. The molecule has 3 rings (SSSR count). The highest BCUT2D eigenvalue weighted by Crippen LogP contribution is 2.36. The van der Waals surface area contributed by atoms with E-state index < -0.39 is 5.60 Å². The van der Waals surface area contributed by atoms with E-state index >= 15 is 0 Å². The van der Waals surface area contributed by atoms with E-state index in [1.165, 1.54) is 32.1 Å². The zero-order chi connectivity index (χ0) is 22.0. The number of ether oxygens (including phenoxy) is 2. The minimum Gasteiger partial charge on any atom is -0.387 e. The molecule has 1 saturated carbocycles. The van der Waals surface area contributed by atoms with E-state index in [1.807, 2.05) is 6.92 Å². The fourth-order valence-electron chi connectivity index (χ4n) is 5.08. The maximum atomic E-state index is 10.9. The van der Waals surface area contributed by atoms with Crippen molar-refractivity contribution in [1.29, 1.82) is 0 Å². The van der Waals surface area contributed by atoms with Crippen LogP contribution < -0.4 is 10.6 Å². The number of rotatable bonds is 9.